The average Bonchev–Trinajstić information content (AvgIpc) is 3.22. The predicted molar refractivity (Wildman–Crippen MR) is 76.8 cm³/mol. The van der Waals surface area contributed by atoms with E-state index in [0.717, 1.165) is 11.4 Å². The molecule has 1 atom stereocenters. The van der Waals surface area contributed by atoms with E-state index in [-0.39, 0.29) is 0 Å². The number of rotatable bonds is 5. The van der Waals surface area contributed by atoms with Crippen molar-refractivity contribution in [1.82, 2.24) is 4.98 Å². The van der Waals surface area contributed by atoms with E-state index in [1.54, 1.807) is 0 Å². The SMILES string of the molecule is CCC(CC1CC1)Nc1ccnc2ccccc12. The van der Waals surface area contributed by atoms with Gasteiger partial charge in [-0.15, -0.1) is 0 Å². The van der Waals surface area contributed by atoms with Crippen LogP contribution in [-0.4, -0.2) is 11.0 Å². The molecule has 0 bridgehead atoms. The Kier molecular flexibility index (Phi) is 3.18. The summed E-state index contributed by atoms with van der Waals surface area (Å²) in [5, 5.41) is 4.93. The number of benzene rings is 1. The number of para-hydroxylation sites is 1. The first-order valence-corrected chi connectivity index (χ1v) is 6.97. The maximum absolute atomic E-state index is 4.41. The Labute approximate surface area is 108 Å². The fourth-order valence-corrected chi connectivity index (χ4v) is 2.53. The summed E-state index contributed by atoms with van der Waals surface area (Å²) in [4.78, 5) is 4.41. The van der Waals surface area contributed by atoms with Crippen molar-refractivity contribution in [2.24, 2.45) is 5.92 Å². The van der Waals surface area contributed by atoms with Gasteiger partial charge in [0.2, 0.25) is 0 Å². The minimum Gasteiger partial charge on any atom is -0.382 e. The zero-order valence-corrected chi connectivity index (χ0v) is 10.9. The van der Waals surface area contributed by atoms with Crippen LogP contribution in [0.15, 0.2) is 36.5 Å². The Balaban J connectivity index is 1.84. The molecule has 1 fully saturated rings. The number of aromatic nitrogens is 1. The van der Waals surface area contributed by atoms with E-state index in [4.69, 9.17) is 0 Å². The number of anilines is 1. The molecule has 1 aromatic carbocycles. The molecule has 1 unspecified atom stereocenters. The molecule has 0 radical (unpaired) electrons. The molecule has 1 heterocycles. The fourth-order valence-electron chi connectivity index (χ4n) is 2.53. The summed E-state index contributed by atoms with van der Waals surface area (Å²) in [5.74, 6) is 0.968. The quantitative estimate of drug-likeness (QED) is 0.846. The van der Waals surface area contributed by atoms with E-state index in [9.17, 15) is 0 Å². The molecule has 94 valence electrons. The van der Waals surface area contributed by atoms with Crippen molar-refractivity contribution in [2.45, 2.75) is 38.6 Å². The predicted octanol–water partition coefficient (Wildman–Crippen LogP) is 4.23. The van der Waals surface area contributed by atoms with Crippen molar-refractivity contribution in [3.8, 4) is 0 Å². The molecule has 18 heavy (non-hydrogen) atoms. The summed E-state index contributed by atoms with van der Waals surface area (Å²) >= 11 is 0. The van der Waals surface area contributed by atoms with E-state index in [1.165, 1.54) is 36.8 Å². The van der Waals surface area contributed by atoms with E-state index >= 15 is 0 Å². The average molecular weight is 240 g/mol. The van der Waals surface area contributed by atoms with Crippen LogP contribution in [0.3, 0.4) is 0 Å². The number of pyridine rings is 1. The van der Waals surface area contributed by atoms with Gasteiger partial charge in [0.15, 0.2) is 0 Å². The maximum atomic E-state index is 4.41. The van der Waals surface area contributed by atoms with Crippen molar-refractivity contribution in [1.29, 1.82) is 0 Å². The van der Waals surface area contributed by atoms with Gasteiger partial charge in [0.25, 0.3) is 0 Å². The van der Waals surface area contributed by atoms with Crippen molar-refractivity contribution in [3.05, 3.63) is 36.5 Å². The molecule has 1 N–H and O–H groups in total. The van der Waals surface area contributed by atoms with Gasteiger partial charge in [0, 0.05) is 23.3 Å². The third-order valence-electron chi connectivity index (χ3n) is 3.82. The molecule has 0 spiro atoms. The summed E-state index contributed by atoms with van der Waals surface area (Å²) in [6.07, 6.45) is 7.25. The molecule has 3 rings (SSSR count). The lowest BCUT2D eigenvalue weighted by molar-refractivity contribution is 0.587. The zero-order chi connectivity index (χ0) is 12.4. The van der Waals surface area contributed by atoms with Gasteiger partial charge in [-0.05, 0) is 30.9 Å². The second-order valence-corrected chi connectivity index (χ2v) is 5.30. The highest BCUT2D eigenvalue weighted by molar-refractivity contribution is 5.90. The van der Waals surface area contributed by atoms with Crippen LogP contribution >= 0.6 is 0 Å². The van der Waals surface area contributed by atoms with Crippen LogP contribution in [0.25, 0.3) is 10.9 Å². The number of hydrogen-bond acceptors (Lipinski definition) is 2. The van der Waals surface area contributed by atoms with Gasteiger partial charge in [0.05, 0.1) is 5.52 Å². The van der Waals surface area contributed by atoms with Crippen LogP contribution in [0.4, 0.5) is 5.69 Å². The molecule has 1 saturated carbocycles. The molecule has 1 aliphatic carbocycles. The highest BCUT2D eigenvalue weighted by Gasteiger charge is 2.24. The topological polar surface area (TPSA) is 24.9 Å². The van der Waals surface area contributed by atoms with Gasteiger partial charge in [-0.1, -0.05) is 38.0 Å². The first-order valence-electron chi connectivity index (χ1n) is 6.97. The smallest absolute Gasteiger partial charge is 0.0722 e. The largest absolute Gasteiger partial charge is 0.382 e. The molecule has 2 aromatic rings. The molecular weight excluding hydrogens is 220 g/mol. The van der Waals surface area contributed by atoms with Crippen LogP contribution in [0.5, 0.6) is 0 Å². The highest BCUT2D eigenvalue weighted by Crippen LogP contribution is 2.35. The Hall–Kier alpha value is -1.57. The Morgan fingerprint density at radius 1 is 1.28 bits per heavy atom. The first kappa shape index (κ1) is 11.5. The third kappa shape index (κ3) is 2.47. The van der Waals surface area contributed by atoms with Crippen LogP contribution < -0.4 is 5.32 Å². The van der Waals surface area contributed by atoms with Crippen LogP contribution in [-0.2, 0) is 0 Å². The minimum absolute atomic E-state index is 0.600. The summed E-state index contributed by atoms with van der Waals surface area (Å²) < 4.78 is 0. The second kappa shape index (κ2) is 4.97. The summed E-state index contributed by atoms with van der Waals surface area (Å²) in [6.45, 7) is 2.27. The lowest BCUT2D eigenvalue weighted by Gasteiger charge is -2.19. The van der Waals surface area contributed by atoms with Crippen LogP contribution in [0.1, 0.15) is 32.6 Å². The Morgan fingerprint density at radius 3 is 2.89 bits per heavy atom. The first-order chi connectivity index (χ1) is 8.86. The minimum atomic E-state index is 0.600. The summed E-state index contributed by atoms with van der Waals surface area (Å²) in [5.41, 5.74) is 2.30. The Bertz CT molecular complexity index is 526. The molecule has 2 nitrogen and oxygen atoms in total. The van der Waals surface area contributed by atoms with E-state index < -0.39 is 0 Å². The summed E-state index contributed by atoms with van der Waals surface area (Å²) in [7, 11) is 0. The fraction of sp³-hybridized carbons (Fsp3) is 0.438. The van der Waals surface area contributed by atoms with Crippen molar-refractivity contribution in [2.75, 3.05) is 5.32 Å². The van der Waals surface area contributed by atoms with E-state index in [1.807, 2.05) is 12.3 Å². The molecular formula is C16H20N2. The lowest BCUT2D eigenvalue weighted by atomic mass is 10.1. The lowest BCUT2D eigenvalue weighted by Crippen LogP contribution is -2.19. The highest BCUT2D eigenvalue weighted by atomic mass is 14.9. The monoisotopic (exact) mass is 240 g/mol. The summed E-state index contributed by atoms with van der Waals surface area (Å²) in [6, 6.07) is 11.0. The van der Waals surface area contributed by atoms with Gasteiger partial charge in [0.1, 0.15) is 0 Å². The standard InChI is InChI=1S/C16H20N2/c1-2-13(11-12-7-8-12)18-16-9-10-17-15-6-4-3-5-14(15)16/h3-6,9-10,12-13H,2,7-8,11H2,1H3,(H,17,18). The van der Waals surface area contributed by atoms with Gasteiger partial charge in [-0.3, -0.25) is 4.98 Å². The molecule has 1 aliphatic rings. The normalized spacial score (nSPS) is 16.7. The molecule has 0 aliphatic heterocycles. The molecule has 1 aromatic heterocycles. The number of nitrogens with zero attached hydrogens (tertiary/aromatic N) is 1. The van der Waals surface area contributed by atoms with Crippen LogP contribution in [0.2, 0.25) is 0 Å². The van der Waals surface area contributed by atoms with Gasteiger partial charge in [-0.2, -0.15) is 0 Å². The zero-order valence-electron chi connectivity index (χ0n) is 10.9. The second-order valence-electron chi connectivity index (χ2n) is 5.30. The van der Waals surface area contributed by atoms with Crippen molar-refractivity contribution >= 4 is 16.6 Å². The van der Waals surface area contributed by atoms with Gasteiger partial charge >= 0.3 is 0 Å². The van der Waals surface area contributed by atoms with Crippen LogP contribution in [0, 0.1) is 5.92 Å². The number of hydrogen-bond donors (Lipinski definition) is 1. The molecule has 2 heteroatoms. The third-order valence-corrected chi connectivity index (χ3v) is 3.82. The maximum Gasteiger partial charge on any atom is 0.0722 e. The van der Waals surface area contributed by atoms with Gasteiger partial charge in [-0.25, -0.2) is 0 Å². The number of nitrogens with one attached hydrogen (secondary N) is 1. The molecule has 0 amide bonds. The van der Waals surface area contributed by atoms with Crippen molar-refractivity contribution < 1.29 is 0 Å². The van der Waals surface area contributed by atoms with E-state index in [2.05, 4.69) is 41.5 Å². The molecule has 0 saturated heterocycles. The van der Waals surface area contributed by atoms with E-state index in [0.29, 0.717) is 6.04 Å². The Morgan fingerprint density at radius 2 is 2.11 bits per heavy atom. The number of fused-ring (bicyclic) bond motifs is 1. The van der Waals surface area contributed by atoms with Gasteiger partial charge < -0.3 is 5.32 Å². The van der Waals surface area contributed by atoms with Crippen molar-refractivity contribution in [3.63, 3.8) is 0 Å².